The van der Waals surface area contributed by atoms with Crippen molar-refractivity contribution in [3.8, 4) is 11.4 Å². The minimum atomic E-state index is -0.806. The van der Waals surface area contributed by atoms with Crippen molar-refractivity contribution >= 4 is 11.9 Å². The Morgan fingerprint density at radius 3 is 2.50 bits per heavy atom. The minimum absolute atomic E-state index is 0.0152. The standard InChI is InChI=1S/C19H24N4O3/c1-4-10-19(11-5-2)17(24)23(18(25)21-19)12-15-20-16(22-26-15)14-9-7-6-8-13(14)3/h6-9H,4-5,10-12H2,1-3H3,(H,21,25). The van der Waals surface area contributed by atoms with Gasteiger partial charge in [0.2, 0.25) is 11.7 Å². The van der Waals surface area contributed by atoms with Gasteiger partial charge in [0.05, 0.1) is 0 Å². The zero-order chi connectivity index (χ0) is 18.7. The van der Waals surface area contributed by atoms with Crippen molar-refractivity contribution in [2.75, 3.05) is 0 Å². The third kappa shape index (κ3) is 3.21. The van der Waals surface area contributed by atoms with E-state index in [0.29, 0.717) is 18.7 Å². The number of carbonyl (C=O) groups excluding carboxylic acids is 2. The second kappa shape index (κ2) is 7.27. The van der Waals surface area contributed by atoms with E-state index in [2.05, 4.69) is 15.5 Å². The molecule has 1 aromatic carbocycles. The lowest BCUT2D eigenvalue weighted by Crippen LogP contribution is -2.46. The maximum absolute atomic E-state index is 12.9. The first-order valence-electron chi connectivity index (χ1n) is 9.03. The van der Waals surface area contributed by atoms with Gasteiger partial charge in [0.25, 0.3) is 5.91 Å². The number of hydrogen-bond acceptors (Lipinski definition) is 5. The Balaban J connectivity index is 1.80. The average molecular weight is 356 g/mol. The van der Waals surface area contributed by atoms with Gasteiger partial charge in [-0.2, -0.15) is 4.98 Å². The molecule has 138 valence electrons. The number of hydrogen-bond donors (Lipinski definition) is 1. The number of aryl methyl sites for hydroxylation is 1. The Morgan fingerprint density at radius 2 is 1.85 bits per heavy atom. The number of urea groups is 1. The van der Waals surface area contributed by atoms with Crippen LogP contribution in [0, 0.1) is 6.92 Å². The molecule has 1 fully saturated rings. The molecule has 0 atom stereocenters. The summed E-state index contributed by atoms with van der Waals surface area (Å²) >= 11 is 0. The SMILES string of the molecule is CCCC1(CCC)NC(=O)N(Cc2nc(-c3ccccc3C)no2)C1=O. The van der Waals surface area contributed by atoms with Gasteiger partial charge < -0.3 is 9.84 Å². The summed E-state index contributed by atoms with van der Waals surface area (Å²) in [5.41, 5.74) is 1.09. The molecule has 1 saturated heterocycles. The molecule has 3 amide bonds. The Bertz CT molecular complexity index is 809. The molecule has 1 N–H and O–H groups in total. The first-order valence-corrected chi connectivity index (χ1v) is 9.03. The van der Waals surface area contributed by atoms with Crippen molar-refractivity contribution in [1.82, 2.24) is 20.4 Å². The van der Waals surface area contributed by atoms with Crippen LogP contribution in [0.1, 0.15) is 51.0 Å². The lowest BCUT2D eigenvalue weighted by atomic mass is 9.88. The maximum atomic E-state index is 12.9. The van der Waals surface area contributed by atoms with E-state index in [1.165, 1.54) is 4.90 Å². The maximum Gasteiger partial charge on any atom is 0.325 e. The molecule has 0 aliphatic carbocycles. The summed E-state index contributed by atoms with van der Waals surface area (Å²) in [6, 6.07) is 7.32. The van der Waals surface area contributed by atoms with Gasteiger partial charge in [-0.25, -0.2) is 4.79 Å². The van der Waals surface area contributed by atoms with Crippen molar-refractivity contribution < 1.29 is 14.1 Å². The van der Waals surface area contributed by atoms with Gasteiger partial charge in [0.1, 0.15) is 12.1 Å². The highest BCUT2D eigenvalue weighted by Crippen LogP contribution is 2.29. The smallest absolute Gasteiger partial charge is 0.325 e. The van der Waals surface area contributed by atoms with Gasteiger partial charge in [0.15, 0.2) is 0 Å². The van der Waals surface area contributed by atoms with Crippen LogP contribution in [0.25, 0.3) is 11.4 Å². The molecule has 26 heavy (non-hydrogen) atoms. The molecule has 1 aliphatic heterocycles. The summed E-state index contributed by atoms with van der Waals surface area (Å²) in [5, 5.41) is 6.88. The fourth-order valence-electron chi connectivity index (χ4n) is 3.52. The average Bonchev–Trinajstić information content (AvgIpc) is 3.15. The van der Waals surface area contributed by atoms with E-state index >= 15 is 0 Å². The summed E-state index contributed by atoms with van der Waals surface area (Å²) in [6.07, 6.45) is 2.89. The van der Waals surface area contributed by atoms with Crippen LogP contribution in [-0.2, 0) is 11.3 Å². The zero-order valence-electron chi connectivity index (χ0n) is 15.4. The van der Waals surface area contributed by atoms with Crippen molar-refractivity contribution in [3.63, 3.8) is 0 Å². The molecule has 7 heteroatoms. The Hall–Kier alpha value is -2.70. The molecule has 0 unspecified atom stereocenters. The fraction of sp³-hybridized carbons (Fsp3) is 0.474. The normalized spacial score (nSPS) is 16.2. The number of carbonyl (C=O) groups is 2. The largest absolute Gasteiger partial charge is 0.337 e. The first-order chi connectivity index (χ1) is 12.5. The molecule has 7 nitrogen and oxygen atoms in total. The number of nitrogens with one attached hydrogen (secondary N) is 1. The van der Waals surface area contributed by atoms with Crippen molar-refractivity contribution in [3.05, 3.63) is 35.7 Å². The Morgan fingerprint density at radius 1 is 1.15 bits per heavy atom. The highest BCUT2D eigenvalue weighted by molar-refractivity contribution is 6.06. The van der Waals surface area contributed by atoms with Gasteiger partial charge in [-0.1, -0.05) is 56.1 Å². The van der Waals surface area contributed by atoms with Crippen LogP contribution in [0.2, 0.25) is 0 Å². The third-order valence-corrected chi connectivity index (χ3v) is 4.75. The fourth-order valence-corrected chi connectivity index (χ4v) is 3.52. The summed E-state index contributed by atoms with van der Waals surface area (Å²) in [5.74, 6) is 0.496. The van der Waals surface area contributed by atoms with Crippen LogP contribution in [-0.4, -0.2) is 32.5 Å². The van der Waals surface area contributed by atoms with Crippen LogP contribution < -0.4 is 5.32 Å². The van der Waals surface area contributed by atoms with Gasteiger partial charge in [-0.05, 0) is 25.3 Å². The van der Waals surface area contributed by atoms with Gasteiger partial charge in [0, 0.05) is 5.56 Å². The summed E-state index contributed by atoms with van der Waals surface area (Å²) in [6.45, 7) is 5.96. The number of nitrogens with zero attached hydrogens (tertiary/aromatic N) is 3. The van der Waals surface area contributed by atoms with Crippen molar-refractivity contribution in [1.29, 1.82) is 0 Å². The van der Waals surface area contributed by atoms with Crippen LogP contribution in [0.5, 0.6) is 0 Å². The van der Waals surface area contributed by atoms with Gasteiger partial charge >= 0.3 is 6.03 Å². The molecule has 2 aromatic rings. The van der Waals surface area contributed by atoms with E-state index in [1.807, 2.05) is 45.0 Å². The second-order valence-electron chi connectivity index (χ2n) is 6.73. The predicted molar refractivity (Wildman–Crippen MR) is 96.1 cm³/mol. The molecule has 2 heterocycles. The Labute approximate surface area is 152 Å². The number of benzene rings is 1. The lowest BCUT2D eigenvalue weighted by molar-refractivity contribution is -0.132. The molecule has 1 aromatic heterocycles. The van der Waals surface area contributed by atoms with E-state index in [4.69, 9.17) is 4.52 Å². The second-order valence-corrected chi connectivity index (χ2v) is 6.73. The van der Waals surface area contributed by atoms with E-state index in [-0.39, 0.29) is 18.3 Å². The molecule has 0 bridgehead atoms. The molecule has 3 rings (SSSR count). The van der Waals surface area contributed by atoms with Gasteiger partial charge in [-0.15, -0.1) is 0 Å². The van der Waals surface area contributed by atoms with E-state index in [1.54, 1.807) is 0 Å². The summed E-state index contributed by atoms with van der Waals surface area (Å²) < 4.78 is 5.29. The predicted octanol–water partition coefficient (Wildman–Crippen LogP) is 3.44. The number of rotatable bonds is 7. The monoisotopic (exact) mass is 356 g/mol. The highest BCUT2D eigenvalue weighted by Gasteiger charge is 2.50. The van der Waals surface area contributed by atoms with Crippen LogP contribution >= 0.6 is 0 Å². The number of aromatic nitrogens is 2. The summed E-state index contributed by atoms with van der Waals surface area (Å²) in [4.78, 5) is 30.8. The van der Waals surface area contributed by atoms with Crippen molar-refractivity contribution in [2.45, 2.75) is 58.5 Å². The van der Waals surface area contributed by atoms with Crippen LogP contribution in [0.4, 0.5) is 4.79 Å². The van der Waals surface area contributed by atoms with E-state index < -0.39 is 11.6 Å². The summed E-state index contributed by atoms with van der Waals surface area (Å²) in [7, 11) is 0. The van der Waals surface area contributed by atoms with E-state index in [0.717, 1.165) is 24.0 Å². The third-order valence-electron chi connectivity index (χ3n) is 4.75. The van der Waals surface area contributed by atoms with Crippen molar-refractivity contribution in [2.24, 2.45) is 0 Å². The van der Waals surface area contributed by atoms with E-state index in [9.17, 15) is 9.59 Å². The number of amides is 3. The topological polar surface area (TPSA) is 88.3 Å². The Kier molecular flexibility index (Phi) is 5.06. The molecular formula is C19H24N4O3. The van der Waals surface area contributed by atoms with Crippen LogP contribution in [0.3, 0.4) is 0 Å². The molecular weight excluding hydrogens is 332 g/mol. The quantitative estimate of drug-likeness (QED) is 0.768. The first kappa shape index (κ1) is 18.1. The van der Waals surface area contributed by atoms with Gasteiger partial charge in [-0.3, -0.25) is 9.69 Å². The molecule has 1 aliphatic rings. The molecule has 0 spiro atoms. The van der Waals surface area contributed by atoms with Crippen LogP contribution in [0.15, 0.2) is 28.8 Å². The molecule has 0 saturated carbocycles. The lowest BCUT2D eigenvalue weighted by Gasteiger charge is -2.25. The zero-order valence-corrected chi connectivity index (χ0v) is 15.4. The highest BCUT2D eigenvalue weighted by atomic mass is 16.5. The minimum Gasteiger partial charge on any atom is -0.337 e. The number of imide groups is 1. The molecule has 0 radical (unpaired) electrons.